The SMILES string of the molecule is Cc1csc([C@H](Cc2ccsc2)NC(=O)Cn2cccnc2=O)n1. The zero-order valence-corrected chi connectivity index (χ0v) is 14.6. The monoisotopic (exact) mass is 360 g/mol. The fourth-order valence-electron chi connectivity index (χ4n) is 2.28. The van der Waals surface area contributed by atoms with E-state index in [1.165, 1.54) is 22.1 Å². The minimum Gasteiger partial charge on any atom is -0.345 e. The molecule has 0 bridgehead atoms. The number of rotatable bonds is 6. The van der Waals surface area contributed by atoms with Crippen LogP contribution in [0.1, 0.15) is 22.3 Å². The Morgan fingerprint density at radius 1 is 1.42 bits per heavy atom. The molecule has 1 atom stereocenters. The minimum atomic E-state index is -0.438. The average molecular weight is 360 g/mol. The van der Waals surface area contributed by atoms with E-state index in [9.17, 15) is 9.59 Å². The smallest absolute Gasteiger partial charge is 0.345 e. The van der Waals surface area contributed by atoms with Gasteiger partial charge in [-0.15, -0.1) is 11.3 Å². The number of nitrogens with zero attached hydrogens (tertiary/aromatic N) is 3. The lowest BCUT2D eigenvalue weighted by atomic mass is 10.1. The molecule has 1 amide bonds. The van der Waals surface area contributed by atoms with E-state index in [2.05, 4.69) is 20.7 Å². The molecule has 24 heavy (non-hydrogen) atoms. The molecule has 0 spiro atoms. The summed E-state index contributed by atoms with van der Waals surface area (Å²) in [5.41, 5.74) is 1.65. The molecule has 0 aliphatic rings. The fraction of sp³-hybridized carbons (Fsp3) is 0.250. The average Bonchev–Trinajstić information content (AvgIpc) is 3.20. The van der Waals surface area contributed by atoms with Crippen LogP contribution >= 0.6 is 22.7 Å². The van der Waals surface area contributed by atoms with Gasteiger partial charge in [0.05, 0.1) is 6.04 Å². The molecule has 0 aromatic carbocycles. The number of thiazole rings is 1. The third kappa shape index (κ3) is 4.15. The maximum atomic E-state index is 12.4. The van der Waals surface area contributed by atoms with Crippen molar-refractivity contribution in [2.75, 3.05) is 0 Å². The molecule has 3 aromatic heterocycles. The van der Waals surface area contributed by atoms with E-state index >= 15 is 0 Å². The normalized spacial score (nSPS) is 12.0. The molecule has 3 aromatic rings. The Hall–Kier alpha value is -2.32. The van der Waals surface area contributed by atoms with E-state index in [4.69, 9.17) is 0 Å². The van der Waals surface area contributed by atoms with E-state index in [1.807, 2.05) is 23.8 Å². The van der Waals surface area contributed by atoms with Crippen molar-refractivity contribution in [2.45, 2.75) is 25.9 Å². The Bertz CT molecular complexity index is 870. The maximum Gasteiger partial charge on any atom is 0.347 e. The van der Waals surface area contributed by atoms with E-state index in [-0.39, 0.29) is 18.5 Å². The maximum absolute atomic E-state index is 12.4. The molecule has 1 N–H and O–H groups in total. The summed E-state index contributed by atoms with van der Waals surface area (Å²) in [5.74, 6) is -0.238. The summed E-state index contributed by atoms with van der Waals surface area (Å²) in [6.07, 6.45) is 3.63. The highest BCUT2D eigenvalue weighted by atomic mass is 32.1. The van der Waals surface area contributed by atoms with Crippen molar-refractivity contribution in [2.24, 2.45) is 0 Å². The van der Waals surface area contributed by atoms with E-state index < -0.39 is 5.69 Å². The molecule has 8 heteroatoms. The Morgan fingerprint density at radius 2 is 2.29 bits per heavy atom. The second-order valence-corrected chi connectivity index (χ2v) is 6.98. The summed E-state index contributed by atoms with van der Waals surface area (Å²) in [5, 5.41) is 9.89. The number of thiophene rings is 1. The summed E-state index contributed by atoms with van der Waals surface area (Å²) < 4.78 is 1.28. The first-order valence-corrected chi connectivity index (χ1v) is 9.18. The number of carbonyl (C=O) groups excluding carboxylic acids is 1. The fourth-order valence-corrected chi connectivity index (χ4v) is 3.81. The van der Waals surface area contributed by atoms with Gasteiger partial charge in [-0.25, -0.2) is 14.8 Å². The van der Waals surface area contributed by atoms with Crippen LogP contribution in [-0.4, -0.2) is 20.4 Å². The summed E-state index contributed by atoms with van der Waals surface area (Å²) in [6, 6.07) is 3.45. The van der Waals surface area contributed by atoms with Gasteiger partial charge in [0.2, 0.25) is 5.91 Å². The van der Waals surface area contributed by atoms with Crippen molar-refractivity contribution in [3.8, 4) is 0 Å². The number of amides is 1. The Kier molecular flexibility index (Phi) is 5.17. The third-order valence-corrected chi connectivity index (χ3v) is 5.20. The Balaban J connectivity index is 1.74. The van der Waals surface area contributed by atoms with Crippen LogP contribution in [0.15, 0.2) is 45.5 Å². The van der Waals surface area contributed by atoms with Crippen LogP contribution in [-0.2, 0) is 17.8 Å². The molecule has 6 nitrogen and oxygen atoms in total. The minimum absolute atomic E-state index is 0.0584. The van der Waals surface area contributed by atoms with Crippen LogP contribution in [0, 0.1) is 6.92 Å². The van der Waals surface area contributed by atoms with Gasteiger partial charge in [0.15, 0.2) is 0 Å². The number of carbonyl (C=O) groups is 1. The van der Waals surface area contributed by atoms with Crippen LogP contribution in [0.5, 0.6) is 0 Å². The van der Waals surface area contributed by atoms with Crippen LogP contribution in [0.4, 0.5) is 0 Å². The van der Waals surface area contributed by atoms with Crippen LogP contribution in [0.2, 0.25) is 0 Å². The van der Waals surface area contributed by atoms with Crippen molar-refractivity contribution >= 4 is 28.6 Å². The van der Waals surface area contributed by atoms with Gasteiger partial charge >= 0.3 is 5.69 Å². The molecule has 0 unspecified atom stereocenters. The standard InChI is InChI=1S/C16H16N4O2S2/c1-11-9-24-15(18-11)13(7-12-3-6-23-10-12)19-14(21)8-20-5-2-4-17-16(20)22/h2-6,9-10,13H,7-8H2,1H3,(H,19,21)/t13-/m0/s1. The molecule has 0 saturated heterocycles. The lowest BCUT2D eigenvalue weighted by molar-refractivity contribution is -0.122. The highest BCUT2D eigenvalue weighted by Gasteiger charge is 2.19. The number of hydrogen-bond donors (Lipinski definition) is 1. The van der Waals surface area contributed by atoms with Gasteiger partial charge in [0.25, 0.3) is 0 Å². The van der Waals surface area contributed by atoms with Gasteiger partial charge in [-0.3, -0.25) is 9.36 Å². The third-order valence-electron chi connectivity index (χ3n) is 3.39. The second-order valence-electron chi connectivity index (χ2n) is 5.31. The van der Waals surface area contributed by atoms with Gasteiger partial charge in [-0.2, -0.15) is 11.3 Å². The van der Waals surface area contributed by atoms with Gasteiger partial charge in [0, 0.05) is 29.9 Å². The lowest BCUT2D eigenvalue weighted by Gasteiger charge is -2.16. The first kappa shape index (κ1) is 16.5. The zero-order chi connectivity index (χ0) is 16.9. The van der Waals surface area contributed by atoms with Crippen molar-refractivity contribution in [1.29, 1.82) is 0 Å². The molecule has 0 aliphatic carbocycles. The molecule has 0 saturated carbocycles. The highest BCUT2D eigenvalue weighted by molar-refractivity contribution is 7.09. The van der Waals surface area contributed by atoms with Crippen molar-refractivity contribution in [3.05, 3.63) is 67.4 Å². The molecule has 0 radical (unpaired) electrons. The first-order valence-electron chi connectivity index (χ1n) is 7.36. The topological polar surface area (TPSA) is 76.9 Å². The van der Waals surface area contributed by atoms with Gasteiger partial charge in [-0.1, -0.05) is 0 Å². The summed E-state index contributed by atoms with van der Waals surface area (Å²) in [4.78, 5) is 32.1. The van der Waals surface area contributed by atoms with E-state index in [0.29, 0.717) is 6.42 Å². The molecule has 3 rings (SSSR count). The molecule has 3 heterocycles. The Labute approximate surface area is 146 Å². The molecule has 124 valence electrons. The van der Waals surface area contributed by atoms with Crippen LogP contribution in [0.3, 0.4) is 0 Å². The molecular formula is C16H16N4O2S2. The second kappa shape index (κ2) is 7.50. The van der Waals surface area contributed by atoms with Gasteiger partial charge in [0.1, 0.15) is 11.6 Å². The van der Waals surface area contributed by atoms with Crippen molar-refractivity contribution in [3.63, 3.8) is 0 Å². The number of aryl methyl sites for hydroxylation is 1. The lowest BCUT2D eigenvalue weighted by Crippen LogP contribution is -2.35. The Morgan fingerprint density at radius 3 is 2.96 bits per heavy atom. The van der Waals surface area contributed by atoms with E-state index in [0.717, 1.165) is 16.3 Å². The highest BCUT2D eigenvalue weighted by Crippen LogP contribution is 2.23. The van der Waals surface area contributed by atoms with Gasteiger partial charge in [-0.05, 0) is 35.4 Å². The predicted octanol–water partition coefficient (Wildman–Crippen LogP) is 2.17. The number of nitrogens with one attached hydrogen (secondary N) is 1. The number of aromatic nitrogens is 3. The largest absolute Gasteiger partial charge is 0.347 e. The summed E-state index contributed by atoms with van der Waals surface area (Å²) in [6.45, 7) is 1.87. The molecule has 0 fully saturated rings. The van der Waals surface area contributed by atoms with Gasteiger partial charge < -0.3 is 5.32 Å². The van der Waals surface area contributed by atoms with E-state index in [1.54, 1.807) is 23.6 Å². The molecular weight excluding hydrogens is 344 g/mol. The summed E-state index contributed by atoms with van der Waals surface area (Å²) in [7, 11) is 0. The predicted molar refractivity (Wildman–Crippen MR) is 94.3 cm³/mol. The zero-order valence-electron chi connectivity index (χ0n) is 13.0. The summed E-state index contributed by atoms with van der Waals surface area (Å²) >= 11 is 3.15. The van der Waals surface area contributed by atoms with Crippen molar-refractivity contribution < 1.29 is 4.79 Å². The number of hydrogen-bond acceptors (Lipinski definition) is 6. The quantitative estimate of drug-likeness (QED) is 0.731. The van der Waals surface area contributed by atoms with Crippen LogP contribution in [0.25, 0.3) is 0 Å². The van der Waals surface area contributed by atoms with Crippen molar-refractivity contribution in [1.82, 2.24) is 19.9 Å². The first-order chi connectivity index (χ1) is 11.6. The van der Waals surface area contributed by atoms with Crippen LogP contribution < -0.4 is 11.0 Å². The molecule has 0 aliphatic heterocycles.